The number of nitrogens with two attached hydrogens (primary N) is 1. The third-order valence-corrected chi connectivity index (χ3v) is 3.68. The Balaban J connectivity index is 2.24. The fraction of sp³-hybridized carbons (Fsp3) is 0.500. The van der Waals surface area contributed by atoms with Crippen molar-refractivity contribution >= 4 is 17.7 Å². The van der Waals surface area contributed by atoms with E-state index in [4.69, 9.17) is 10.5 Å². The molecule has 106 valence electrons. The van der Waals surface area contributed by atoms with Gasteiger partial charge >= 0.3 is 5.97 Å². The second-order valence-corrected chi connectivity index (χ2v) is 5.47. The maximum Gasteiger partial charge on any atom is 0.323 e. The minimum atomic E-state index is -0.560. The summed E-state index contributed by atoms with van der Waals surface area (Å²) >= 11 is 1.58. The Kier molecular flexibility index (Phi) is 6.73. The van der Waals surface area contributed by atoms with Crippen LogP contribution in [0.5, 0.6) is 5.75 Å². The maximum atomic E-state index is 11.1. The zero-order valence-electron chi connectivity index (χ0n) is 11.6. The normalized spacial score (nSPS) is 12.0. The molecule has 0 bridgehead atoms. The van der Waals surface area contributed by atoms with E-state index < -0.39 is 6.04 Å². The van der Waals surface area contributed by atoms with Gasteiger partial charge in [0.2, 0.25) is 0 Å². The molecule has 0 fully saturated rings. The number of carbonyl (C=O) groups is 1. The van der Waals surface area contributed by atoms with Gasteiger partial charge in [-0.05, 0) is 31.0 Å². The molecule has 0 aliphatic rings. The molecule has 0 aliphatic heterocycles. The van der Waals surface area contributed by atoms with Gasteiger partial charge in [-0.15, -0.1) is 0 Å². The van der Waals surface area contributed by atoms with Crippen molar-refractivity contribution in [1.82, 2.24) is 0 Å². The van der Waals surface area contributed by atoms with Crippen molar-refractivity contribution in [2.45, 2.75) is 19.9 Å². The molecule has 1 rings (SSSR count). The van der Waals surface area contributed by atoms with E-state index in [2.05, 4.69) is 10.8 Å². The zero-order valence-corrected chi connectivity index (χ0v) is 12.5. The molecule has 0 heterocycles. The quantitative estimate of drug-likeness (QED) is 0.612. The molecule has 0 aliphatic carbocycles. The minimum absolute atomic E-state index is 0.372. The Morgan fingerprint density at radius 1 is 1.42 bits per heavy atom. The van der Waals surface area contributed by atoms with Crippen LogP contribution in [-0.2, 0) is 9.53 Å². The predicted octanol–water partition coefficient (Wildman–Crippen LogP) is 1.92. The van der Waals surface area contributed by atoms with Crippen LogP contribution in [0.15, 0.2) is 18.2 Å². The van der Waals surface area contributed by atoms with Crippen LogP contribution < -0.4 is 10.5 Å². The van der Waals surface area contributed by atoms with E-state index >= 15 is 0 Å². The summed E-state index contributed by atoms with van der Waals surface area (Å²) in [5, 5.41) is 0. The standard InChI is InChI=1S/C14H21NO3S/c1-10-4-5-11(2)13(8-10)18-6-7-19-9-12(15)14(16)17-3/h4-5,8,12H,6-7,9,15H2,1-3H3. The van der Waals surface area contributed by atoms with E-state index in [9.17, 15) is 4.79 Å². The van der Waals surface area contributed by atoms with Gasteiger partial charge in [0.1, 0.15) is 11.8 Å². The van der Waals surface area contributed by atoms with Crippen LogP contribution >= 0.6 is 11.8 Å². The van der Waals surface area contributed by atoms with E-state index in [1.807, 2.05) is 26.0 Å². The molecule has 0 saturated carbocycles. The van der Waals surface area contributed by atoms with Crippen LogP contribution in [0.3, 0.4) is 0 Å². The van der Waals surface area contributed by atoms with Crippen molar-refractivity contribution in [2.24, 2.45) is 5.73 Å². The van der Waals surface area contributed by atoms with E-state index in [-0.39, 0.29) is 5.97 Å². The van der Waals surface area contributed by atoms with E-state index in [0.717, 1.165) is 17.1 Å². The summed E-state index contributed by atoms with van der Waals surface area (Å²) in [7, 11) is 1.34. The first-order valence-corrected chi connectivity index (χ1v) is 7.31. The molecule has 0 aromatic heterocycles. The Labute approximate surface area is 118 Å². The Hall–Kier alpha value is -1.20. The van der Waals surface area contributed by atoms with Crippen LogP contribution in [0.2, 0.25) is 0 Å². The molecule has 1 unspecified atom stereocenters. The fourth-order valence-electron chi connectivity index (χ4n) is 1.50. The van der Waals surface area contributed by atoms with Gasteiger partial charge in [-0.2, -0.15) is 11.8 Å². The van der Waals surface area contributed by atoms with Crippen molar-refractivity contribution in [3.63, 3.8) is 0 Å². The van der Waals surface area contributed by atoms with Gasteiger partial charge in [0, 0.05) is 11.5 Å². The summed E-state index contributed by atoms with van der Waals surface area (Å²) in [6.45, 7) is 4.66. The molecule has 0 saturated heterocycles. The highest BCUT2D eigenvalue weighted by Crippen LogP contribution is 2.19. The van der Waals surface area contributed by atoms with E-state index in [1.165, 1.54) is 12.7 Å². The van der Waals surface area contributed by atoms with Crippen molar-refractivity contribution in [3.05, 3.63) is 29.3 Å². The van der Waals surface area contributed by atoms with Crippen LogP contribution in [0, 0.1) is 13.8 Å². The molecule has 1 atom stereocenters. The number of ether oxygens (including phenoxy) is 2. The highest BCUT2D eigenvalue weighted by atomic mass is 32.2. The number of aryl methyl sites for hydroxylation is 2. The molecule has 19 heavy (non-hydrogen) atoms. The summed E-state index contributed by atoms with van der Waals surface area (Å²) in [6.07, 6.45) is 0. The number of methoxy groups -OCH3 is 1. The fourth-order valence-corrected chi connectivity index (χ4v) is 2.26. The van der Waals surface area contributed by atoms with E-state index in [0.29, 0.717) is 12.4 Å². The van der Waals surface area contributed by atoms with Gasteiger partial charge in [-0.1, -0.05) is 12.1 Å². The van der Waals surface area contributed by atoms with Gasteiger partial charge in [-0.25, -0.2) is 0 Å². The average Bonchev–Trinajstić information content (AvgIpc) is 2.40. The first-order chi connectivity index (χ1) is 9.04. The largest absolute Gasteiger partial charge is 0.492 e. The smallest absolute Gasteiger partial charge is 0.323 e. The van der Waals surface area contributed by atoms with Gasteiger partial charge in [0.05, 0.1) is 13.7 Å². The first-order valence-electron chi connectivity index (χ1n) is 6.15. The molecule has 0 amide bonds. The number of esters is 1. The lowest BCUT2D eigenvalue weighted by Crippen LogP contribution is -2.34. The lowest BCUT2D eigenvalue weighted by atomic mass is 10.1. The Morgan fingerprint density at radius 3 is 2.84 bits per heavy atom. The van der Waals surface area contributed by atoms with Gasteiger partial charge < -0.3 is 15.2 Å². The second-order valence-electron chi connectivity index (χ2n) is 4.32. The first kappa shape index (κ1) is 15.9. The molecule has 5 heteroatoms. The van der Waals surface area contributed by atoms with Gasteiger partial charge in [0.15, 0.2) is 0 Å². The summed E-state index contributed by atoms with van der Waals surface area (Å²) in [5.41, 5.74) is 7.94. The minimum Gasteiger partial charge on any atom is -0.492 e. The third-order valence-electron chi connectivity index (χ3n) is 2.63. The SMILES string of the molecule is COC(=O)C(N)CSCCOc1cc(C)ccc1C. The topological polar surface area (TPSA) is 61.5 Å². The van der Waals surface area contributed by atoms with Crippen LogP contribution in [-0.4, -0.2) is 37.2 Å². The highest BCUT2D eigenvalue weighted by molar-refractivity contribution is 7.99. The summed E-state index contributed by atoms with van der Waals surface area (Å²) in [5.74, 6) is 1.88. The molecule has 0 spiro atoms. The molecule has 4 nitrogen and oxygen atoms in total. The van der Waals surface area contributed by atoms with Crippen LogP contribution in [0.1, 0.15) is 11.1 Å². The summed E-state index contributed by atoms with van der Waals surface area (Å²) < 4.78 is 10.3. The van der Waals surface area contributed by atoms with Crippen molar-refractivity contribution in [2.75, 3.05) is 25.2 Å². The third kappa shape index (κ3) is 5.53. The molecule has 1 aromatic rings. The monoisotopic (exact) mass is 283 g/mol. The number of thioether (sulfide) groups is 1. The van der Waals surface area contributed by atoms with Gasteiger partial charge in [0.25, 0.3) is 0 Å². The summed E-state index contributed by atoms with van der Waals surface area (Å²) in [6, 6.07) is 5.58. The number of carbonyl (C=O) groups excluding carboxylic acids is 1. The lowest BCUT2D eigenvalue weighted by Gasteiger charge is -2.11. The van der Waals surface area contributed by atoms with Crippen LogP contribution in [0.4, 0.5) is 0 Å². The van der Waals surface area contributed by atoms with Crippen molar-refractivity contribution in [3.8, 4) is 5.75 Å². The average molecular weight is 283 g/mol. The lowest BCUT2D eigenvalue weighted by molar-refractivity contribution is -0.141. The maximum absolute atomic E-state index is 11.1. The van der Waals surface area contributed by atoms with Gasteiger partial charge in [-0.3, -0.25) is 4.79 Å². The van der Waals surface area contributed by atoms with Crippen molar-refractivity contribution in [1.29, 1.82) is 0 Å². The predicted molar refractivity (Wildman–Crippen MR) is 78.7 cm³/mol. The highest BCUT2D eigenvalue weighted by Gasteiger charge is 2.12. The molecule has 2 N–H and O–H groups in total. The Morgan fingerprint density at radius 2 is 2.16 bits per heavy atom. The number of hydrogen-bond donors (Lipinski definition) is 1. The number of hydrogen-bond acceptors (Lipinski definition) is 5. The second kappa shape index (κ2) is 8.07. The zero-order chi connectivity index (χ0) is 14.3. The summed E-state index contributed by atoms with van der Waals surface area (Å²) in [4.78, 5) is 11.1. The van der Waals surface area contributed by atoms with E-state index in [1.54, 1.807) is 11.8 Å². The number of benzene rings is 1. The van der Waals surface area contributed by atoms with Crippen LogP contribution in [0.25, 0.3) is 0 Å². The molecular weight excluding hydrogens is 262 g/mol. The molecule has 1 aromatic carbocycles. The number of rotatable bonds is 7. The Bertz CT molecular complexity index is 423. The van der Waals surface area contributed by atoms with Crippen molar-refractivity contribution < 1.29 is 14.3 Å². The molecular formula is C14H21NO3S. The molecule has 0 radical (unpaired) electrons.